The van der Waals surface area contributed by atoms with Crippen LogP contribution in [0.5, 0.6) is 0 Å². The van der Waals surface area contributed by atoms with E-state index >= 15 is 0 Å². The molecule has 0 radical (unpaired) electrons. The quantitative estimate of drug-likeness (QED) is 0.365. The van der Waals surface area contributed by atoms with Crippen LogP contribution in [-0.2, 0) is 10.3 Å². The van der Waals surface area contributed by atoms with Crippen LogP contribution in [0.4, 0.5) is 0 Å². The van der Waals surface area contributed by atoms with Gasteiger partial charge in [0.15, 0.2) is 0 Å². The second-order valence-electron chi connectivity index (χ2n) is 5.86. The third-order valence-corrected chi connectivity index (χ3v) is 4.27. The zero-order valence-corrected chi connectivity index (χ0v) is 15.0. The fraction of sp³-hybridized carbons (Fsp3) is 0.130. The molecule has 3 rings (SSSR count). The molecule has 0 heterocycles. The molecule has 0 aliphatic rings. The molecule has 0 bridgehead atoms. The largest absolute Gasteiger partial charge is 1.00 e. The van der Waals surface area contributed by atoms with E-state index in [9.17, 15) is 5.11 Å². The van der Waals surface area contributed by atoms with Crippen molar-refractivity contribution in [1.29, 1.82) is 0 Å². The van der Waals surface area contributed by atoms with Crippen molar-refractivity contribution >= 4 is 0 Å². The average molecular weight is 336 g/mol. The Bertz CT molecular complexity index is 692. The van der Waals surface area contributed by atoms with E-state index in [0.717, 1.165) is 16.7 Å². The smallest absolute Gasteiger partial charge is 0.847 e. The summed E-state index contributed by atoms with van der Waals surface area (Å²) in [6.07, 6.45) is 0.404. The van der Waals surface area contributed by atoms with Crippen LogP contribution in [0.25, 0.3) is 0 Å². The molecule has 0 saturated carbocycles. The summed E-state index contributed by atoms with van der Waals surface area (Å²) in [6.45, 7) is 3.63. The molecule has 0 saturated heterocycles. The molecule has 0 spiro atoms. The first-order valence-corrected chi connectivity index (χ1v) is 8.36. The zero-order valence-electron chi connectivity index (χ0n) is 15.0. The van der Waals surface area contributed by atoms with Gasteiger partial charge in [-0.1, -0.05) is 97.1 Å². The first-order chi connectivity index (χ1) is 12.3. The van der Waals surface area contributed by atoms with Gasteiger partial charge in [-0.3, -0.25) is 0 Å². The Hall–Kier alpha value is -2.08. The molecule has 0 unspecified atom stereocenters. The average Bonchev–Trinajstić information content (AvgIpc) is 2.71. The molecule has 126 valence electrons. The maximum Gasteiger partial charge on any atom is 1.00 e. The number of ether oxygens (including phenoxy) is 1. The van der Waals surface area contributed by atoms with Crippen molar-refractivity contribution in [3.8, 4) is 0 Å². The summed E-state index contributed by atoms with van der Waals surface area (Å²) < 4.78 is 6.36. The van der Waals surface area contributed by atoms with Crippen LogP contribution in [-0.4, -0.2) is 12.7 Å². The Balaban J connectivity index is 0.00000243. The SMILES string of the molecule is C=C[C@H]([O-])COC(c1ccccc1)(c1ccccc1)c1ccccc1.[Li+]. The van der Waals surface area contributed by atoms with Crippen LogP contribution >= 0.6 is 0 Å². The van der Waals surface area contributed by atoms with E-state index < -0.39 is 11.7 Å². The van der Waals surface area contributed by atoms with E-state index in [1.54, 1.807) is 0 Å². The third-order valence-electron chi connectivity index (χ3n) is 4.27. The molecule has 0 amide bonds. The predicted octanol–water partition coefficient (Wildman–Crippen LogP) is 0.914. The van der Waals surface area contributed by atoms with Crippen LogP contribution in [0.1, 0.15) is 16.7 Å². The minimum absolute atomic E-state index is 0. The second kappa shape index (κ2) is 9.57. The number of hydrogen-bond acceptors (Lipinski definition) is 2. The van der Waals surface area contributed by atoms with Crippen molar-refractivity contribution in [2.45, 2.75) is 11.7 Å². The van der Waals surface area contributed by atoms with Crippen LogP contribution in [0, 0.1) is 0 Å². The van der Waals surface area contributed by atoms with Gasteiger partial charge in [-0.25, -0.2) is 0 Å². The maximum atomic E-state index is 12.0. The van der Waals surface area contributed by atoms with E-state index in [4.69, 9.17) is 4.74 Å². The monoisotopic (exact) mass is 336 g/mol. The van der Waals surface area contributed by atoms with E-state index in [0.29, 0.717) is 0 Å². The fourth-order valence-corrected chi connectivity index (χ4v) is 3.04. The van der Waals surface area contributed by atoms with Gasteiger partial charge in [0.05, 0.1) is 0 Å². The third kappa shape index (κ3) is 4.18. The summed E-state index contributed by atoms with van der Waals surface area (Å²) in [6, 6.07) is 30.1. The van der Waals surface area contributed by atoms with Crippen molar-refractivity contribution in [1.82, 2.24) is 0 Å². The fourth-order valence-electron chi connectivity index (χ4n) is 3.04. The molecule has 0 aromatic heterocycles. The van der Waals surface area contributed by atoms with Gasteiger partial charge in [0.2, 0.25) is 0 Å². The molecule has 3 aromatic carbocycles. The molecule has 2 nitrogen and oxygen atoms in total. The van der Waals surface area contributed by atoms with Crippen molar-refractivity contribution < 1.29 is 28.7 Å². The van der Waals surface area contributed by atoms with E-state index in [-0.39, 0.29) is 25.5 Å². The number of rotatable bonds is 7. The van der Waals surface area contributed by atoms with Gasteiger partial charge in [-0.05, 0) is 16.7 Å². The minimum Gasteiger partial charge on any atom is -0.847 e. The molecule has 26 heavy (non-hydrogen) atoms. The molecule has 0 fully saturated rings. The molecular weight excluding hydrogens is 315 g/mol. The first kappa shape index (κ1) is 20.2. The van der Waals surface area contributed by atoms with E-state index in [1.807, 2.05) is 91.0 Å². The van der Waals surface area contributed by atoms with Crippen molar-refractivity contribution in [3.63, 3.8) is 0 Å². The Morgan fingerprint density at radius 1 is 0.769 bits per heavy atom. The van der Waals surface area contributed by atoms with Crippen molar-refractivity contribution in [3.05, 3.63) is 120 Å². The number of hydrogen-bond donors (Lipinski definition) is 0. The van der Waals surface area contributed by atoms with Crippen LogP contribution < -0.4 is 24.0 Å². The second-order valence-corrected chi connectivity index (χ2v) is 5.86. The summed E-state index contributed by atoms with van der Waals surface area (Å²) >= 11 is 0. The molecule has 0 aliphatic carbocycles. The Labute approximate surface area is 167 Å². The summed E-state index contributed by atoms with van der Waals surface area (Å²) in [4.78, 5) is 0. The molecule has 3 heteroatoms. The molecule has 0 N–H and O–H groups in total. The normalized spacial score (nSPS) is 12.0. The zero-order chi connectivity index (χ0) is 17.5. The van der Waals surface area contributed by atoms with Gasteiger partial charge >= 0.3 is 18.9 Å². The van der Waals surface area contributed by atoms with Gasteiger partial charge in [-0.15, -0.1) is 12.7 Å². The Morgan fingerprint density at radius 3 is 1.42 bits per heavy atom. The van der Waals surface area contributed by atoms with Gasteiger partial charge in [-0.2, -0.15) is 0 Å². The Kier molecular flexibility index (Phi) is 7.45. The summed E-state index contributed by atoms with van der Waals surface area (Å²) in [5.74, 6) is 0. The van der Waals surface area contributed by atoms with Crippen LogP contribution in [0.3, 0.4) is 0 Å². The number of benzene rings is 3. The summed E-state index contributed by atoms with van der Waals surface area (Å²) in [5.41, 5.74) is 2.13. The predicted molar refractivity (Wildman–Crippen MR) is 99.1 cm³/mol. The minimum atomic E-state index is -0.976. The topological polar surface area (TPSA) is 32.3 Å². The van der Waals surface area contributed by atoms with E-state index in [2.05, 4.69) is 6.58 Å². The molecule has 3 aromatic rings. The molecule has 1 atom stereocenters. The molecule has 0 aliphatic heterocycles. The standard InChI is InChI=1S/C23H21O2.Li/c1-2-22(24)18-25-23(19-12-6-3-7-13-19,20-14-8-4-9-15-20)21-16-10-5-11-17-21;/h2-17,22H,1,18H2;/q-1;+1/t22-;/m0./s1. The summed E-state index contributed by atoms with van der Waals surface area (Å²) in [7, 11) is 0. The van der Waals surface area contributed by atoms with Gasteiger partial charge in [0, 0.05) is 6.61 Å². The van der Waals surface area contributed by atoms with Crippen molar-refractivity contribution in [2.75, 3.05) is 6.61 Å². The van der Waals surface area contributed by atoms with Crippen molar-refractivity contribution in [2.24, 2.45) is 0 Å². The maximum absolute atomic E-state index is 12.0. The van der Waals surface area contributed by atoms with Gasteiger partial charge < -0.3 is 9.84 Å². The van der Waals surface area contributed by atoms with Crippen LogP contribution in [0.15, 0.2) is 104 Å². The molecular formula is C23H21LiO2. The van der Waals surface area contributed by atoms with E-state index in [1.165, 1.54) is 6.08 Å². The summed E-state index contributed by atoms with van der Waals surface area (Å²) in [5, 5.41) is 12.0. The van der Waals surface area contributed by atoms with Gasteiger partial charge in [0.25, 0.3) is 0 Å². The Morgan fingerprint density at radius 2 is 1.12 bits per heavy atom. The van der Waals surface area contributed by atoms with Gasteiger partial charge in [0.1, 0.15) is 5.60 Å². The first-order valence-electron chi connectivity index (χ1n) is 8.36. The van der Waals surface area contributed by atoms with Crippen LogP contribution in [0.2, 0.25) is 0 Å².